The summed E-state index contributed by atoms with van der Waals surface area (Å²) in [6.45, 7) is 42.0. The molecule has 8 saturated heterocycles. The van der Waals surface area contributed by atoms with Crippen LogP contribution in [0.4, 0.5) is 19.2 Å². The third-order valence-corrected chi connectivity index (χ3v) is 32.5. The summed E-state index contributed by atoms with van der Waals surface area (Å²) in [6, 6.07) is 29.7. The second kappa shape index (κ2) is 42.6. The molecule has 29 heteroatoms. The van der Waals surface area contributed by atoms with Gasteiger partial charge in [-0.3, -0.25) is 48.6 Å². The van der Waals surface area contributed by atoms with E-state index in [0.717, 1.165) is 243 Å². The number of hydrogen-bond acceptors (Lipinski definition) is 18. The molecule has 20 rings (SSSR count). The van der Waals surface area contributed by atoms with Gasteiger partial charge in [0.1, 0.15) is 46.0 Å². The summed E-state index contributed by atoms with van der Waals surface area (Å²) in [7, 11) is 19.6. The van der Waals surface area contributed by atoms with Crippen molar-refractivity contribution in [3.63, 3.8) is 0 Å². The Morgan fingerprint density at radius 3 is 0.908 bits per heavy atom. The van der Waals surface area contributed by atoms with E-state index in [-0.39, 0.29) is 84.8 Å². The van der Waals surface area contributed by atoms with Crippen LogP contribution < -0.4 is 37.9 Å². The van der Waals surface area contributed by atoms with Gasteiger partial charge in [0.25, 0.3) is 0 Å². The number of aryl methyl sites for hydroxylation is 7. The third kappa shape index (κ3) is 19.0. The number of piperidine rings is 4. The minimum Gasteiger partial charge on any atom is -0.497 e. The van der Waals surface area contributed by atoms with E-state index in [1.54, 1.807) is 56.9 Å². The zero-order chi connectivity index (χ0) is 99.5. The summed E-state index contributed by atoms with van der Waals surface area (Å²) >= 11 is 0. The van der Waals surface area contributed by atoms with Crippen molar-refractivity contribution in [3.05, 3.63) is 234 Å². The molecule has 0 unspecified atom stereocenters. The van der Waals surface area contributed by atoms with Gasteiger partial charge < -0.3 is 62.1 Å². The Bertz CT molecular complexity index is 5880. The quantitative estimate of drug-likeness (QED) is 0.0692. The lowest BCUT2D eigenvalue weighted by Crippen LogP contribution is -2.53. The second-order valence-corrected chi connectivity index (χ2v) is 40.6. The van der Waals surface area contributed by atoms with E-state index in [0.29, 0.717) is 52.4 Å². The van der Waals surface area contributed by atoms with Gasteiger partial charge in [-0.1, -0.05) is 96.2 Å². The first-order chi connectivity index (χ1) is 67.3. The number of ether oxygens (including phenoxy) is 8. The van der Waals surface area contributed by atoms with Gasteiger partial charge in [-0.2, -0.15) is 10.2 Å². The van der Waals surface area contributed by atoms with Crippen LogP contribution in [0.15, 0.2) is 144 Å². The Labute approximate surface area is 843 Å². The lowest BCUT2D eigenvalue weighted by atomic mass is 9.82. The van der Waals surface area contributed by atoms with Crippen molar-refractivity contribution in [2.24, 2.45) is 21.1 Å². The third-order valence-electron chi connectivity index (χ3n) is 32.5. The molecule has 5 aromatic carbocycles. The number of carbonyl (C=O) groups excluding carboxylic acids is 4. The molecule has 8 fully saturated rings. The standard InChI is InChI=1S/C30H39N3O3.2C27H37N5O3.C27H36N4O3.2CH4/c1-7-33-29(34)32-19-24-16-25(35-5)17-26(36-6)28(24)22(4)15-27(32)30(33)8-10-31(11-9-30)18-23-13-20(2)12-21(3)14-23;1-7-32-26(33)31-17-20-13-22(34-5)14-23(35-6)25(20)18(2)12-24(31)27(32)8-10-30(11-9-27)16-21-15-29(4)28-19(21)3;1-7-32-26(33)31-16-20-14-22(34-5)15-23(35-6)25(20)18(2)12-24(31)27(32)8-10-30(11-9-27)17-21-13-19(3)28-29(21)4;1-6-31-26(32)30-17-20-15-22(33-4)16-23(34-5)25(20)19(2)14-24(30)27(31)9-12-29(13-10-27)18-21-8-7-11-28(21)3;;/h12-17,22H,7-11,18-19H2,1-6H3;2*12-15,18H,7-11,16-17H2,1-6H3;7-8,11,14-16,19H,6,9-10,12-13,17-18H2,1-5H3;2*1H4/t22-;2*18-;19-;;/m0000../s1. The molecule has 766 valence electrons. The normalized spacial score (nSPS) is 21.3. The number of carbonyl (C=O) groups is 4. The summed E-state index contributed by atoms with van der Waals surface area (Å²) in [5, 5.41) is 9.01. The predicted molar refractivity (Wildman–Crippen MR) is 557 cm³/mol. The number of hydrogen-bond donors (Lipinski definition) is 0. The lowest BCUT2D eigenvalue weighted by molar-refractivity contribution is 0.0874. The highest BCUT2D eigenvalue weighted by molar-refractivity contribution is 5.86. The molecule has 29 nitrogen and oxygen atoms in total. The van der Waals surface area contributed by atoms with Crippen molar-refractivity contribution < 1.29 is 57.1 Å². The van der Waals surface area contributed by atoms with E-state index in [2.05, 4.69) is 235 Å². The van der Waals surface area contributed by atoms with Crippen molar-refractivity contribution in [3.8, 4) is 46.0 Å². The molecule has 12 aliphatic heterocycles. The zero-order valence-electron chi connectivity index (χ0n) is 87.2. The van der Waals surface area contributed by atoms with Crippen molar-refractivity contribution in [2.75, 3.05) is 135 Å². The first kappa shape index (κ1) is 104. The van der Waals surface area contributed by atoms with Crippen molar-refractivity contribution >= 4 is 24.1 Å². The molecule has 142 heavy (non-hydrogen) atoms. The first-order valence-electron chi connectivity index (χ1n) is 50.6. The molecule has 0 aliphatic carbocycles. The Balaban J connectivity index is 0.000000142. The summed E-state index contributed by atoms with van der Waals surface area (Å²) in [5.41, 5.74) is 22.6. The van der Waals surface area contributed by atoms with Gasteiger partial charge >= 0.3 is 24.1 Å². The summed E-state index contributed by atoms with van der Waals surface area (Å²) in [4.78, 5) is 81.6. The average molecular weight is 1950 g/mol. The monoisotopic (exact) mass is 1940 g/mol. The number of aromatic nitrogens is 5. The van der Waals surface area contributed by atoms with E-state index in [4.69, 9.17) is 37.9 Å². The number of urea groups is 4. The van der Waals surface area contributed by atoms with Gasteiger partial charge in [-0.15, -0.1) is 0 Å². The summed E-state index contributed by atoms with van der Waals surface area (Å²) in [5.74, 6) is 6.84. The number of amides is 8. The molecule has 4 atom stereocenters. The Kier molecular flexibility index (Phi) is 31.3. The number of rotatable bonds is 20. The Morgan fingerprint density at radius 2 is 0.655 bits per heavy atom. The van der Waals surface area contributed by atoms with E-state index in [1.807, 2.05) is 74.2 Å². The molecule has 3 aromatic heterocycles. The van der Waals surface area contributed by atoms with Gasteiger partial charge in [0.2, 0.25) is 0 Å². The van der Waals surface area contributed by atoms with E-state index >= 15 is 0 Å². The van der Waals surface area contributed by atoms with Crippen LogP contribution in [-0.2, 0) is 73.5 Å². The fraction of sp³-hybridized carbons (Fsp3) is 0.540. The van der Waals surface area contributed by atoms with Gasteiger partial charge in [0, 0.05) is 242 Å². The fourth-order valence-electron chi connectivity index (χ4n) is 25.8. The fourth-order valence-corrected chi connectivity index (χ4v) is 25.8. The number of allylic oxidation sites excluding steroid dienone is 4. The van der Waals surface area contributed by atoms with Gasteiger partial charge in [-0.25, -0.2) is 19.2 Å². The van der Waals surface area contributed by atoms with Crippen LogP contribution in [0.25, 0.3) is 0 Å². The number of benzene rings is 5. The number of methoxy groups -OCH3 is 8. The molecule has 8 amide bonds. The summed E-state index contributed by atoms with van der Waals surface area (Å²) in [6.07, 6.45) is 21.0. The minimum atomic E-state index is -0.266. The van der Waals surface area contributed by atoms with Crippen LogP contribution in [0.1, 0.15) is 235 Å². The highest BCUT2D eigenvalue weighted by atomic mass is 16.5. The molecular formula is C113H157N17O12. The number of likely N-dealkylation sites (N-methyl/N-ethyl adjacent to an activating group) is 4. The molecule has 15 heterocycles. The first-order valence-corrected chi connectivity index (χ1v) is 50.6. The predicted octanol–water partition coefficient (Wildman–Crippen LogP) is 19.3. The molecule has 0 saturated carbocycles. The number of nitrogens with zero attached hydrogens (tertiary/aromatic N) is 17. The van der Waals surface area contributed by atoms with Crippen LogP contribution in [0.5, 0.6) is 46.0 Å². The van der Waals surface area contributed by atoms with E-state index in [1.165, 1.54) is 45.0 Å². The van der Waals surface area contributed by atoms with Gasteiger partial charge in [-0.05, 0) is 177 Å². The number of likely N-dealkylation sites (tertiary alicyclic amines) is 4. The zero-order valence-corrected chi connectivity index (χ0v) is 87.2. The van der Waals surface area contributed by atoms with Crippen LogP contribution in [0.2, 0.25) is 0 Å². The van der Waals surface area contributed by atoms with Gasteiger partial charge in [0.05, 0.1) is 122 Å². The lowest BCUT2D eigenvalue weighted by Gasteiger charge is -2.44. The number of fused-ring (bicyclic) bond motifs is 12. The molecule has 0 radical (unpaired) electrons. The van der Waals surface area contributed by atoms with E-state index < -0.39 is 0 Å². The molecule has 0 N–H and O–H groups in total. The van der Waals surface area contributed by atoms with E-state index in [9.17, 15) is 19.2 Å². The Hall–Kier alpha value is -11.9. The van der Waals surface area contributed by atoms with Gasteiger partial charge in [0.15, 0.2) is 0 Å². The van der Waals surface area contributed by atoms with Crippen molar-refractivity contribution in [1.29, 1.82) is 0 Å². The van der Waals surface area contributed by atoms with Crippen LogP contribution in [0.3, 0.4) is 0 Å². The molecule has 8 aromatic rings. The maximum Gasteiger partial charge on any atom is 0.325 e. The summed E-state index contributed by atoms with van der Waals surface area (Å²) < 4.78 is 51.2. The maximum atomic E-state index is 13.8. The topological polar surface area (TPSA) is 222 Å². The SMILES string of the molecule is C.C.CCN1C(=O)N2Cc3cc(OC)cc(OC)c3[C@@H](C)C=C2C12CCN(Cc1cc(C)cc(C)c1)CC2.CCN1C(=O)N2Cc3cc(OC)cc(OC)c3[C@@H](C)C=C2C12CCN(Cc1cc(C)nn1C)CC2.CCN1C(=O)N2Cc3cc(OC)cc(OC)c3[C@@H](C)C=C2C12CCN(Cc1cccn1C)CC2.CCN1C(=O)N2Cc3cc(OC)cc(OC)c3[C@@H](C)C=C2C12CCN(Cc1cn(C)nc1C)CC2. The van der Waals surface area contributed by atoms with Crippen molar-refractivity contribution in [1.82, 2.24) is 82.9 Å². The minimum absolute atomic E-state index is 0. The van der Waals surface area contributed by atoms with Crippen molar-refractivity contribution in [2.45, 2.75) is 247 Å². The molecular weight excluding hydrogens is 1790 g/mol. The molecule has 12 aliphatic rings. The maximum absolute atomic E-state index is 13.8. The smallest absolute Gasteiger partial charge is 0.325 e. The molecule has 4 spiro atoms. The highest BCUT2D eigenvalue weighted by Gasteiger charge is 2.60. The second-order valence-electron chi connectivity index (χ2n) is 40.6. The van der Waals surface area contributed by atoms with Crippen LogP contribution in [-0.4, -0.2) is 265 Å². The highest BCUT2D eigenvalue weighted by Crippen LogP contribution is 2.56. The largest absolute Gasteiger partial charge is 0.497 e. The van der Waals surface area contributed by atoms with Crippen LogP contribution >= 0.6 is 0 Å². The average Bonchev–Trinajstić information content (AvgIpc) is 1.58. The molecule has 0 bridgehead atoms. The van der Waals surface area contributed by atoms with Crippen LogP contribution in [0, 0.1) is 27.7 Å². The Morgan fingerprint density at radius 1 is 0.359 bits per heavy atom.